The Kier molecular flexibility index (Phi) is 5.99. The summed E-state index contributed by atoms with van der Waals surface area (Å²) in [4.78, 5) is 3.99. The zero-order chi connectivity index (χ0) is 15.1. The Morgan fingerprint density at radius 2 is 2.05 bits per heavy atom. The summed E-state index contributed by atoms with van der Waals surface area (Å²) < 4.78 is 5.50. The molecule has 0 aliphatic heterocycles. The van der Waals surface area contributed by atoms with Crippen LogP contribution in [0.5, 0.6) is 5.75 Å². The lowest BCUT2D eigenvalue weighted by Crippen LogP contribution is -2.33. The molecule has 21 heavy (non-hydrogen) atoms. The molecule has 0 saturated carbocycles. The van der Waals surface area contributed by atoms with E-state index in [-0.39, 0.29) is 12.6 Å². The molecule has 0 aliphatic rings. The van der Waals surface area contributed by atoms with Gasteiger partial charge in [-0.2, -0.15) is 0 Å². The van der Waals surface area contributed by atoms with Crippen LogP contribution in [0.2, 0.25) is 5.02 Å². The van der Waals surface area contributed by atoms with Crippen LogP contribution < -0.4 is 10.1 Å². The van der Waals surface area contributed by atoms with Crippen LogP contribution in [-0.4, -0.2) is 29.3 Å². The van der Waals surface area contributed by atoms with Gasteiger partial charge in [0.2, 0.25) is 0 Å². The van der Waals surface area contributed by atoms with Crippen molar-refractivity contribution >= 4 is 11.6 Å². The van der Waals surface area contributed by atoms with Crippen LogP contribution in [0.1, 0.15) is 18.5 Å². The molecule has 112 valence electrons. The molecule has 0 radical (unpaired) electrons. The first-order chi connectivity index (χ1) is 10.1. The van der Waals surface area contributed by atoms with Gasteiger partial charge in [-0.25, -0.2) is 0 Å². The molecule has 0 amide bonds. The topological polar surface area (TPSA) is 54.4 Å². The van der Waals surface area contributed by atoms with Crippen LogP contribution in [0.25, 0.3) is 0 Å². The minimum absolute atomic E-state index is 0.147. The molecule has 4 nitrogen and oxygen atoms in total. The molecule has 1 aromatic heterocycles. The fraction of sp³-hybridized carbons (Fsp3) is 0.312. The van der Waals surface area contributed by atoms with Crippen LogP contribution in [0, 0.1) is 0 Å². The van der Waals surface area contributed by atoms with Gasteiger partial charge in [0.25, 0.3) is 0 Å². The van der Waals surface area contributed by atoms with Crippen molar-refractivity contribution < 1.29 is 9.84 Å². The molecule has 2 unspecified atom stereocenters. The second-order valence-electron chi connectivity index (χ2n) is 4.83. The van der Waals surface area contributed by atoms with Crippen molar-refractivity contribution in [2.75, 3.05) is 13.2 Å². The summed E-state index contributed by atoms with van der Waals surface area (Å²) in [7, 11) is 0. The van der Waals surface area contributed by atoms with Gasteiger partial charge in [-0.15, -0.1) is 0 Å². The van der Waals surface area contributed by atoms with Gasteiger partial charge < -0.3 is 15.2 Å². The summed E-state index contributed by atoms with van der Waals surface area (Å²) in [5.74, 6) is 0.656. The molecule has 2 N–H and O–H groups in total. The number of nitrogens with one attached hydrogen (secondary N) is 1. The van der Waals surface area contributed by atoms with Crippen molar-refractivity contribution in [2.45, 2.75) is 19.1 Å². The number of rotatable bonds is 7. The maximum Gasteiger partial charge on any atom is 0.120 e. The van der Waals surface area contributed by atoms with Crippen molar-refractivity contribution in [1.29, 1.82) is 0 Å². The number of aliphatic hydroxyl groups is 1. The van der Waals surface area contributed by atoms with E-state index in [1.807, 2.05) is 31.2 Å². The maximum absolute atomic E-state index is 9.94. The number of aromatic nitrogens is 1. The Bertz CT molecular complexity index is 551. The highest BCUT2D eigenvalue weighted by Crippen LogP contribution is 2.17. The summed E-state index contributed by atoms with van der Waals surface area (Å²) in [6, 6.07) is 11.2. The van der Waals surface area contributed by atoms with Gasteiger partial charge in [-0.05, 0) is 42.8 Å². The number of ether oxygens (including phenoxy) is 1. The molecular weight excluding hydrogens is 288 g/mol. The molecule has 1 aromatic carbocycles. The third-order valence-corrected chi connectivity index (χ3v) is 3.34. The average Bonchev–Trinajstić information content (AvgIpc) is 2.51. The second kappa shape index (κ2) is 7.98. The first kappa shape index (κ1) is 15.8. The monoisotopic (exact) mass is 306 g/mol. The third kappa shape index (κ3) is 5.34. The van der Waals surface area contributed by atoms with Crippen LogP contribution in [-0.2, 0) is 0 Å². The van der Waals surface area contributed by atoms with Crippen molar-refractivity contribution in [3.63, 3.8) is 0 Å². The Labute approximate surface area is 129 Å². The van der Waals surface area contributed by atoms with Crippen molar-refractivity contribution in [3.05, 3.63) is 59.4 Å². The Balaban J connectivity index is 1.73. The number of halogens is 1. The van der Waals surface area contributed by atoms with E-state index in [0.29, 0.717) is 17.3 Å². The van der Waals surface area contributed by atoms with Crippen LogP contribution >= 0.6 is 11.6 Å². The number of benzene rings is 1. The summed E-state index contributed by atoms with van der Waals surface area (Å²) in [5.41, 5.74) is 1.13. The molecule has 0 spiro atoms. The van der Waals surface area contributed by atoms with E-state index < -0.39 is 6.10 Å². The Hall–Kier alpha value is -1.62. The molecule has 0 aliphatic carbocycles. The molecule has 2 atom stereocenters. The average molecular weight is 307 g/mol. The molecule has 0 fully saturated rings. The summed E-state index contributed by atoms with van der Waals surface area (Å²) in [6.07, 6.45) is 2.92. The molecule has 5 heteroatoms. The predicted octanol–water partition coefficient (Wildman–Crippen LogP) is 2.83. The quantitative estimate of drug-likeness (QED) is 0.826. The highest BCUT2D eigenvalue weighted by molar-refractivity contribution is 6.30. The molecule has 2 rings (SSSR count). The summed E-state index contributed by atoms with van der Waals surface area (Å²) in [5, 5.41) is 13.8. The van der Waals surface area contributed by atoms with Gasteiger partial charge in [0.1, 0.15) is 18.5 Å². The van der Waals surface area contributed by atoms with Gasteiger partial charge in [0.15, 0.2) is 0 Å². The van der Waals surface area contributed by atoms with E-state index in [1.54, 1.807) is 24.5 Å². The second-order valence-corrected chi connectivity index (χ2v) is 5.27. The number of nitrogens with zero attached hydrogens (tertiary/aromatic N) is 1. The van der Waals surface area contributed by atoms with Crippen molar-refractivity contribution in [1.82, 2.24) is 10.3 Å². The SMILES string of the molecule is CC(NCC(O)COc1cccc(Cl)c1)c1ccncc1. The summed E-state index contributed by atoms with van der Waals surface area (Å²) >= 11 is 5.87. The van der Waals surface area contributed by atoms with Gasteiger partial charge in [0, 0.05) is 30.0 Å². The van der Waals surface area contributed by atoms with E-state index in [1.165, 1.54) is 0 Å². The lowest BCUT2D eigenvalue weighted by molar-refractivity contribution is 0.104. The molecule has 1 heterocycles. The third-order valence-electron chi connectivity index (χ3n) is 3.10. The number of hydrogen-bond acceptors (Lipinski definition) is 4. The van der Waals surface area contributed by atoms with Crippen molar-refractivity contribution in [2.24, 2.45) is 0 Å². The van der Waals surface area contributed by atoms with Crippen LogP contribution in [0.4, 0.5) is 0 Å². The van der Waals surface area contributed by atoms with E-state index in [9.17, 15) is 5.11 Å². The van der Waals surface area contributed by atoms with Crippen LogP contribution in [0.3, 0.4) is 0 Å². The Morgan fingerprint density at radius 3 is 2.76 bits per heavy atom. The summed E-state index contributed by atoms with van der Waals surface area (Å²) in [6.45, 7) is 2.71. The smallest absolute Gasteiger partial charge is 0.120 e. The lowest BCUT2D eigenvalue weighted by Gasteiger charge is -2.18. The fourth-order valence-corrected chi connectivity index (χ4v) is 2.07. The minimum atomic E-state index is -0.590. The van der Waals surface area contributed by atoms with E-state index in [4.69, 9.17) is 16.3 Å². The molecular formula is C16H19ClN2O2. The maximum atomic E-state index is 9.94. The first-order valence-corrected chi connectivity index (χ1v) is 7.22. The minimum Gasteiger partial charge on any atom is -0.491 e. The lowest BCUT2D eigenvalue weighted by atomic mass is 10.1. The van der Waals surface area contributed by atoms with Gasteiger partial charge >= 0.3 is 0 Å². The number of pyridine rings is 1. The zero-order valence-corrected chi connectivity index (χ0v) is 12.6. The normalized spacial score (nSPS) is 13.7. The van der Waals surface area contributed by atoms with Gasteiger partial charge in [-0.3, -0.25) is 4.98 Å². The number of hydrogen-bond donors (Lipinski definition) is 2. The van der Waals surface area contributed by atoms with Crippen molar-refractivity contribution in [3.8, 4) is 5.75 Å². The largest absolute Gasteiger partial charge is 0.491 e. The van der Waals surface area contributed by atoms with Gasteiger partial charge in [0.05, 0.1) is 0 Å². The standard InChI is InChI=1S/C16H19ClN2O2/c1-12(13-5-7-18-8-6-13)19-10-15(20)11-21-16-4-2-3-14(17)9-16/h2-9,12,15,19-20H,10-11H2,1H3. The number of aliphatic hydroxyl groups excluding tert-OH is 1. The fourth-order valence-electron chi connectivity index (χ4n) is 1.89. The highest BCUT2D eigenvalue weighted by atomic mass is 35.5. The molecule has 0 saturated heterocycles. The van der Waals surface area contributed by atoms with E-state index in [2.05, 4.69) is 10.3 Å². The molecule has 0 bridgehead atoms. The van der Waals surface area contributed by atoms with Gasteiger partial charge in [-0.1, -0.05) is 17.7 Å². The Morgan fingerprint density at radius 1 is 1.29 bits per heavy atom. The predicted molar refractivity (Wildman–Crippen MR) is 83.6 cm³/mol. The molecule has 2 aromatic rings. The zero-order valence-electron chi connectivity index (χ0n) is 11.9. The van der Waals surface area contributed by atoms with E-state index in [0.717, 1.165) is 5.56 Å². The van der Waals surface area contributed by atoms with Crippen LogP contribution in [0.15, 0.2) is 48.8 Å². The van der Waals surface area contributed by atoms with E-state index >= 15 is 0 Å². The highest BCUT2D eigenvalue weighted by Gasteiger charge is 2.09. The first-order valence-electron chi connectivity index (χ1n) is 6.85.